The maximum absolute atomic E-state index is 12.2. The van der Waals surface area contributed by atoms with E-state index in [-0.39, 0.29) is 5.91 Å². The number of halogens is 2. The zero-order valence-electron chi connectivity index (χ0n) is 9.70. The number of hydrogen-bond acceptors (Lipinski definition) is 1. The van der Waals surface area contributed by atoms with Gasteiger partial charge in [0.1, 0.15) is 0 Å². The highest BCUT2D eigenvalue weighted by molar-refractivity contribution is 9.09. The van der Waals surface area contributed by atoms with E-state index in [1.807, 2.05) is 4.90 Å². The summed E-state index contributed by atoms with van der Waals surface area (Å²) >= 11 is 9.44. The largest absolute Gasteiger partial charge is 0.338 e. The summed E-state index contributed by atoms with van der Waals surface area (Å²) in [6.45, 7) is 3.83. The summed E-state index contributed by atoms with van der Waals surface area (Å²) in [6.07, 6.45) is 1.05. The van der Waals surface area contributed by atoms with E-state index < -0.39 is 0 Å². The van der Waals surface area contributed by atoms with Crippen molar-refractivity contribution >= 4 is 33.4 Å². The summed E-state index contributed by atoms with van der Waals surface area (Å²) in [6, 6.07) is 7.08. The summed E-state index contributed by atoms with van der Waals surface area (Å²) in [5.41, 5.74) is 0.712. The second-order valence-corrected chi connectivity index (χ2v) is 6.15. The van der Waals surface area contributed by atoms with Crippen LogP contribution in [0.1, 0.15) is 23.7 Å². The number of hydrogen-bond donors (Lipinski definition) is 0. The summed E-state index contributed by atoms with van der Waals surface area (Å²) in [5.74, 6) is 0.724. The molecule has 0 aliphatic carbocycles. The Bertz CT molecular complexity index is 406. The fourth-order valence-electron chi connectivity index (χ4n) is 1.98. The van der Waals surface area contributed by atoms with Crippen molar-refractivity contribution in [3.63, 3.8) is 0 Å². The minimum Gasteiger partial charge on any atom is -0.338 e. The van der Waals surface area contributed by atoms with Crippen LogP contribution < -0.4 is 0 Å². The molecule has 1 heterocycles. The molecule has 1 aliphatic heterocycles. The lowest BCUT2D eigenvalue weighted by atomic mass is 9.98. The fraction of sp³-hybridized carbons (Fsp3) is 0.462. The van der Waals surface area contributed by atoms with Crippen LogP contribution in [0.2, 0.25) is 5.02 Å². The molecule has 1 aliphatic rings. The first kappa shape index (κ1) is 12.9. The standard InChI is InChI=1S/C13H15BrClNO/c1-9-6-7-16(8-12(9)14)13(17)10-2-4-11(15)5-3-10/h2-5,9,12H,6-8H2,1H3. The van der Waals surface area contributed by atoms with Crippen molar-refractivity contribution in [3.8, 4) is 0 Å². The number of rotatable bonds is 1. The van der Waals surface area contributed by atoms with Crippen LogP contribution >= 0.6 is 27.5 Å². The maximum atomic E-state index is 12.2. The predicted molar refractivity (Wildman–Crippen MR) is 73.9 cm³/mol. The molecule has 0 bridgehead atoms. The van der Waals surface area contributed by atoms with Crippen LogP contribution in [0, 0.1) is 5.92 Å². The molecular weight excluding hydrogens is 302 g/mol. The molecule has 2 nitrogen and oxygen atoms in total. The number of likely N-dealkylation sites (tertiary alicyclic amines) is 1. The summed E-state index contributed by atoms with van der Waals surface area (Å²) in [5, 5.41) is 0.659. The molecule has 0 N–H and O–H groups in total. The number of alkyl halides is 1. The van der Waals surface area contributed by atoms with E-state index >= 15 is 0 Å². The predicted octanol–water partition coefficient (Wildman–Crippen LogP) is 3.59. The first-order valence-corrected chi connectivity index (χ1v) is 7.06. The van der Waals surface area contributed by atoms with Gasteiger partial charge in [-0.2, -0.15) is 0 Å². The monoisotopic (exact) mass is 315 g/mol. The molecule has 17 heavy (non-hydrogen) atoms. The number of benzene rings is 1. The molecule has 2 atom stereocenters. The third-order valence-electron chi connectivity index (χ3n) is 3.24. The van der Waals surface area contributed by atoms with Gasteiger partial charge in [0, 0.05) is 28.5 Å². The fourth-order valence-corrected chi connectivity index (χ4v) is 2.72. The highest BCUT2D eigenvalue weighted by atomic mass is 79.9. The van der Waals surface area contributed by atoms with Crippen molar-refractivity contribution in [1.29, 1.82) is 0 Å². The van der Waals surface area contributed by atoms with Crippen LogP contribution in [0.3, 0.4) is 0 Å². The number of nitrogens with zero attached hydrogens (tertiary/aromatic N) is 1. The Hall–Kier alpha value is -0.540. The quantitative estimate of drug-likeness (QED) is 0.725. The van der Waals surface area contributed by atoms with Gasteiger partial charge < -0.3 is 4.90 Å². The van der Waals surface area contributed by atoms with Gasteiger partial charge in [-0.1, -0.05) is 34.5 Å². The van der Waals surface area contributed by atoms with Crippen molar-refractivity contribution < 1.29 is 4.79 Å². The number of piperidine rings is 1. The van der Waals surface area contributed by atoms with Gasteiger partial charge in [-0.05, 0) is 36.6 Å². The SMILES string of the molecule is CC1CCN(C(=O)c2ccc(Cl)cc2)CC1Br. The molecule has 1 aromatic carbocycles. The average Bonchev–Trinajstić information content (AvgIpc) is 2.33. The van der Waals surface area contributed by atoms with Gasteiger partial charge in [-0.3, -0.25) is 4.79 Å². The summed E-state index contributed by atoms with van der Waals surface area (Å²) in [4.78, 5) is 14.5. The van der Waals surface area contributed by atoms with Gasteiger partial charge >= 0.3 is 0 Å². The van der Waals surface area contributed by atoms with E-state index in [2.05, 4.69) is 22.9 Å². The molecule has 92 valence electrons. The number of carbonyl (C=O) groups is 1. The van der Waals surface area contributed by atoms with Crippen LogP contribution in [0.4, 0.5) is 0 Å². The molecule has 1 fully saturated rings. The Morgan fingerprint density at radius 2 is 2.06 bits per heavy atom. The van der Waals surface area contributed by atoms with E-state index in [0.29, 0.717) is 21.3 Å². The molecule has 1 saturated heterocycles. The minimum absolute atomic E-state index is 0.0954. The van der Waals surface area contributed by atoms with Crippen molar-refractivity contribution in [2.24, 2.45) is 5.92 Å². The van der Waals surface area contributed by atoms with Crippen LogP contribution in [0.25, 0.3) is 0 Å². The van der Waals surface area contributed by atoms with E-state index in [4.69, 9.17) is 11.6 Å². The average molecular weight is 317 g/mol. The van der Waals surface area contributed by atoms with Gasteiger partial charge in [-0.25, -0.2) is 0 Å². The van der Waals surface area contributed by atoms with E-state index in [9.17, 15) is 4.79 Å². The molecule has 1 amide bonds. The van der Waals surface area contributed by atoms with Crippen LogP contribution in [-0.4, -0.2) is 28.7 Å². The van der Waals surface area contributed by atoms with Crippen molar-refractivity contribution in [2.75, 3.05) is 13.1 Å². The Balaban J connectivity index is 2.08. The van der Waals surface area contributed by atoms with Crippen LogP contribution in [-0.2, 0) is 0 Å². The maximum Gasteiger partial charge on any atom is 0.253 e. The molecule has 0 aromatic heterocycles. The van der Waals surface area contributed by atoms with Gasteiger partial charge in [0.25, 0.3) is 5.91 Å². The van der Waals surface area contributed by atoms with Gasteiger partial charge in [0.05, 0.1) is 0 Å². The minimum atomic E-state index is 0.0954. The number of amides is 1. The van der Waals surface area contributed by atoms with Crippen molar-refractivity contribution in [2.45, 2.75) is 18.2 Å². The first-order chi connectivity index (χ1) is 8.08. The van der Waals surface area contributed by atoms with Crippen molar-refractivity contribution in [3.05, 3.63) is 34.9 Å². The van der Waals surface area contributed by atoms with E-state index in [1.165, 1.54) is 0 Å². The lowest BCUT2D eigenvalue weighted by Gasteiger charge is -2.34. The Kier molecular flexibility index (Phi) is 4.10. The van der Waals surface area contributed by atoms with Crippen LogP contribution in [0.15, 0.2) is 24.3 Å². The molecule has 0 radical (unpaired) electrons. The molecule has 0 spiro atoms. The molecule has 0 saturated carbocycles. The third kappa shape index (κ3) is 3.02. The second-order valence-electron chi connectivity index (χ2n) is 4.54. The normalized spacial score (nSPS) is 24.8. The summed E-state index contributed by atoms with van der Waals surface area (Å²) < 4.78 is 0. The lowest BCUT2D eigenvalue weighted by Crippen LogP contribution is -2.43. The highest BCUT2D eigenvalue weighted by Gasteiger charge is 2.27. The van der Waals surface area contributed by atoms with Gasteiger partial charge in [0.15, 0.2) is 0 Å². The zero-order chi connectivity index (χ0) is 12.4. The van der Waals surface area contributed by atoms with Crippen molar-refractivity contribution in [1.82, 2.24) is 4.90 Å². The van der Waals surface area contributed by atoms with E-state index in [1.54, 1.807) is 24.3 Å². The smallest absolute Gasteiger partial charge is 0.253 e. The second kappa shape index (κ2) is 5.40. The molecule has 1 aromatic rings. The van der Waals surface area contributed by atoms with Crippen LogP contribution in [0.5, 0.6) is 0 Å². The Morgan fingerprint density at radius 3 is 2.65 bits per heavy atom. The van der Waals surface area contributed by atoms with Gasteiger partial charge in [0.2, 0.25) is 0 Å². The molecule has 2 rings (SSSR count). The number of carbonyl (C=O) groups excluding carboxylic acids is 1. The summed E-state index contributed by atoms with van der Waals surface area (Å²) in [7, 11) is 0. The molecule has 2 unspecified atom stereocenters. The van der Waals surface area contributed by atoms with E-state index in [0.717, 1.165) is 19.5 Å². The highest BCUT2D eigenvalue weighted by Crippen LogP contribution is 2.24. The third-order valence-corrected chi connectivity index (χ3v) is 4.69. The molecule has 4 heteroatoms. The molecular formula is C13H15BrClNO. The Morgan fingerprint density at radius 1 is 1.41 bits per heavy atom. The topological polar surface area (TPSA) is 20.3 Å². The zero-order valence-corrected chi connectivity index (χ0v) is 12.0. The van der Waals surface area contributed by atoms with Gasteiger partial charge in [-0.15, -0.1) is 0 Å². The first-order valence-electron chi connectivity index (χ1n) is 5.77. The Labute approximate surface area is 115 Å². The lowest BCUT2D eigenvalue weighted by molar-refractivity contribution is 0.0706.